The van der Waals surface area contributed by atoms with Crippen molar-refractivity contribution < 1.29 is 19.6 Å². The maximum absolute atomic E-state index is 11.6. The van der Waals surface area contributed by atoms with Crippen LogP contribution in [0, 0.1) is 12.8 Å². The average molecular weight is 376 g/mol. The first-order valence-corrected chi connectivity index (χ1v) is 9.40. The fourth-order valence-corrected chi connectivity index (χ4v) is 1.99. The summed E-state index contributed by atoms with van der Waals surface area (Å²) < 4.78 is 4.83. The molecule has 0 fully saturated rings. The van der Waals surface area contributed by atoms with Crippen molar-refractivity contribution in [3.8, 4) is 0 Å². The summed E-state index contributed by atoms with van der Waals surface area (Å²) in [6, 6.07) is 8.50. The van der Waals surface area contributed by atoms with Gasteiger partial charge in [-0.2, -0.15) is 0 Å². The second-order valence-corrected chi connectivity index (χ2v) is 5.16. The standard InChI is InChI=1S/C15H22O2.2C2H6.CH5BO2.2B/c1-4-5-14(15(16)17-3)11-10-13-8-6-12(2)7-9-13;2*1-2;1-2(3)4;;/h6-9,14H,4-5,10-11H2,1-3H3;2*1-2H3;3-4H,1H3;;. The minimum atomic E-state index is -1.17. The van der Waals surface area contributed by atoms with Crippen LogP contribution in [-0.4, -0.2) is 47.1 Å². The van der Waals surface area contributed by atoms with Crippen LogP contribution in [0.2, 0.25) is 6.82 Å². The topological polar surface area (TPSA) is 66.8 Å². The van der Waals surface area contributed by atoms with Gasteiger partial charge in [0.2, 0.25) is 0 Å². The van der Waals surface area contributed by atoms with Crippen LogP contribution in [0.3, 0.4) is 0 Å². The molecular weight excluding hydrogens is 337 g/mol. The molecule has 0 amide bonds. The van der Waals surface area contributed by atoms with Crippen LogP contribution in [0.4, 0.5) is 0 Å². The van der Waals surface area contributed by atoms with Crippen LogP contribution in [0.5, 0.6) is 0 Å². The molecule has 2 N–H and O–H groups in total. The van der Waals surface area contributed by atoms with Gasteiger partial charge in [0.1, 0.15) is 0 Å². The van der Waals surface area contributed by atoms with E-state index in [2.05, 4.69) is 38.1 Å². The van der Waals surface area contributed by atoms with E-state index in [1.807, 2.05) is 27.7 Å². The first-order chi connectivity index (χ1) is 11.9. The smallest absolute Gasteiger partial charge is 0.448 e. The van der Waals surface area contributed by atoms with E-state index < -0.39 is 7.12 Å². The Morgan fingerprint density at radius 2 is 1.44 bits per heavy atom. The lowest BCUT2D eigenvalue weighted by atomic mass is 9.95. The minimum absolute atomic E-state index is 0. The Morgan fingerprint density at radius 3 is 1.78 bits per heavy atom. The Bertz CT molecular complexity index is 396. The number of aryl methyl sites for hydroxylation is 2. The highest BCUT2D eigenvalue weighted by molar-refractivity contribution is 6.38. The van der Waals surface area contributed by atoms with E-state index in [-0.39, 0.29) is 28.7 Å². The highest BCUT2D eigenvalue weighted by Crippen LogP contribution is 2.17. The minimum Gasteiger partial charge on any atom is -0.469 e. The first-order valence-electron chi connectivity index (χ1n) is 9.40. The molecule has 7 heteroatoms. The molecular formula is C20H39B3O4. The molecule has 152 valence electrons. The molecule has 0 aliphatic heterocycles. The molecule has 1 aromatic carbocycles. The summed E-state index contributed by atoms with van der Waals surface area (Å²) in [4.78, 5) is 11.6. The fraction of sp³-hybridized carbons (Fsp3) is 0.650. The maximum Gasteiger partial charge on any atom is 0.448 e. The maximum atomic E-state index is 11.6. The van der Waals surface area contributed by atoms with E-state index in [0.717, 1.165) is 25.7 Å². The van der Waals surface area contributed by atoms with Crippen molar-refractivity contribution in [2.24, 2.45) is 5.92 Å². The van der Waals surface area contributed by atoms with Crippen LogP contribution in [0.15, 0.2) is 24.3 Å². The molecule has 0 heterocycles. The van der Waals surface area contributed by atoms with E-state index in [1.54, 1.807) is 0 Å². The third kappa shape index (κ3) is 24.8. The van der Waals surface area contributed by atoms with E-state index in [4.69, 9.17) is 14.8 Å². The quantitative estimate of drug-likeness (QED) is 0.584. The van der Waals surface area contributed by atoms with Gasteiger partial charge in [-0.1, -0.05) is 70.9 Å². The molecule has 1 atom stereocenters. The van der Waals surface area contributed by atoms with Crippen LogP contribution < -0.4 is 0 Å². The van der Waals surface area contributed by atoms with Crippen LogP contribution >= 0.6 is 0 Å². The third-order valence-corrected chi connectivity index (χ3v) is 3.07. The normalized spacial score (nSPS) is 9.11. The van der Waals surface area contributed by atoms with Crippen molar-refractivity contribution in [1.29, 1.82) is 0 Å². The summed E-state index contributed by atoms with van der Waals surface area (Å²) in [5.74, 6) is -0.0229. The second-order valence-electron chi connectivity index (χ2n) is 5.16. The number of benzene rings is 1. The molecule has 0 aromatic heterocycles. The van der Waals surface area contributed by atoms with Crippen LogP contribution in [0.1, 0.15) is 65.0 Å². The van der Waals surface area contributed by atoms with E-state index in [0.29, 0.717) is 0 Å². The summed E-state index contributed by atoms with van der Waals surface area (Å²) in [6.07, 6.45) is 3.76. The number of carbonyl (C=O) groups excluding carboxylic acids is 1. The predicted molar refractivity (Wildman–Crippen MR) is 120 cm³/mol. The summed E-state index contributed by atoms with van der Waals surface area (Å²) in [5, 5.41) is 15.2. The van der Waals surface area contributed by atoms with Gasteiger partial charge >= 0.3 is 13.1 Å². The number of rotatable bonds is 6. The predicted octanol–water partition coefficient (Wildman–Crippen LogP) is 3.90. The third-order valence-electron chi connectivity index (χ3n) is 3.07. The van der Waals surface area contributed by atoms with Crippen LogP contribution in [-0.2, 0) is 16.0 Å². The largest absolute Gasteiger partial charge is 0.469 e. The molecule has 1 unspecified atom stereocenters. The molecule has 0 bridgehead atoms. The van der Waals surface area contributed by atoms with Gasteiger partial charge in [0.15, 0.2) is 0 Å². The first kappa shape index (κ1) is 36.7. The molecule has 0 aliphatic carbocycles. The Kier molecular flexibility index (Phi) is 36.7. The van der Waals surface area contributed by atoms with Crippen LogP contribution in [0.25, 0.3) is 0 Å². The lowest BCUT2D eigenvalue weighted by Crippen LogP contribution is -2.16. The van der Waals surface area contributed by atoms with Gasteiger partial charge in [-0.15, -0.1) is 0 Å². The number of hydrogen-bond acceptors (Lipinski definition) is 4. The Labute approximate surface area is 172 Å². The van der Waals surface area contributed by atoms with Gasteiger partial charge in [-0.25, -0.2) is 0 Å². The summed E-state index contributed by atoms with van der Waals surface area (Å²) >= 11 is 0. The van der Waals surface area contributed by atoms with Gasteiger partial charge in [0.05, 0.1) is 13.0 Å². The van der Waals surface area contributed by atoms with Gasteiger partial charge in [-0.3, -0.25) is 4.79 Å². The van der Waals surface area contributed by atoms with E-state index in [1.165, 1.54) is 25.1 Å². The summed E-state index contributed by atoms with van der Waals surface area (Å²) in [7, 11) is 0.302. The van der Waals surface area contributed by atoms with E-state index >= 15 is 0 Å². The summed E-state index contributed by atoms with van der Waals surface area (Å²) in [6.45, 7) is 13.5. The van der Waals surface area contributed by atoms with E-state index in [9.17, 15) is 4.79 Å². The molecule has 0 saturated heterocycles. The second kappa shape index (κ2) is 27.0. The molecule has 1 rings (SSSR count). The lowest BCUT2D eigenvalue weighted by Gasteiger charge is -2.13. The molecule has 0 spiro atoms. The Hall–Kier alpha value is -1.20. The number of methoxy groups -OCH3 is 1. The van der Waals surface area contributed by atoms with Crippen molar-refractivity contribution in [1.82, 2.24) is 0 Å². The SMILES string of the molecule is CB(O)O.CC.CC.CCCC(CCc1ccc(C)cc1)C(=O)OC.[B].[B]. The van der Waals surface area contributed by atoms with Crippen molar-refractivity contribution in [2.75, 3.05) is 7.11 Å². The van der Waals surface area contributed by atoms with Gasteiger partial charge < -0.3 is 14.8 Å². The van der Waals surface area contributed by atoms with Crippen molar-refractivity contribution in [3.05, 3.63) is 35.4 Å². The highest BCUT2D eigenvalue weighted by atomic mass is 16.5. The van der Waals surface area contributed by atoms with Crippen molar-refractivity contribution in [3.63, 3.8) is 0 Å². The summed E-state index contributed by atoms with van der Waals surface area (Å²) in [5.41, 5.74) is 2.56. The number of esters is 1. The number of carbonyl (C=O) groups is 1. The molecule has 0 saturated carbocycles. The zero-order valence-electron chi connectivity index (χ0n) is 18.7. The fourth-order valence-electron chi connectivity index (χ4n) is 1.99. The number of ether oxygens (including phenoxy) is 1. The zero-order chi connectivity index (χ0) is 20.3. The van der Waals surface area contributed by atoms with Crippen molar-refractivity contribution in [2.45, 2.75) is 74.0 Å². The molecule has 27 heavy (non-hydrogen) atoms. The molecule has 1 aromatic rings. The molecule has 0 aliphatic rings. The van der Waals surface area contributed by atoms with Gasteiger partial charge in [0.25, 0.3) is 0 Å². The number of hydrogen-bond donors (Lipinski definition) is 2. The average Bonchev–Trinajstić information content (AvgIpc) is 2.62. The monoisotopic (exact) mass is 376 g/mol. The highest BCUT2D eigenvalue weighted by Gasteiger charge is 2.17. The Morgan fingerprint density at radius 1 is 1.04 bits per heavy atom. The van der Waals surface area contributed by atoms with Gasteiger partial charge in [-0.05, 0) is 38.6 Å². The molecule has 6 radical (unpaired) electrons. The Balaban J connectivity index is -0.000000140. The zero-order valence-corrected chi connectivity index (χ0v) is 18.7. The molecule has 4 nitrogen and oxygen atoms in total. The lowest BCUT2D eigenvalue weighted by molar-refractivity contribution is -0.145. The van der Waals surface area contributed by atoms with Gasteiger partial charge in [0, 0.05) is 16.8 Å². The van der Waals surface area contributed by atoms with Crippen molar-refractivity contribution >= 4 is 29.9 Å².